The van der Waals surface area contributed by atoms with E-state index in [9.17, 15) is 13.7 Å². The topological polar surface area (TPSA) is 95.7 Å². The number of halogens is 1. The minimum Gasteiger partial charge on any atom is -0.508 e. The zero-order valence-corrected chi connectivity index (χ0v) is 22.0. The molecule has 3 aromatic heterocycles. The molecule has 1 unspecified atom stereocenters. The Kier molecular flexibility index (Phi) is 6.34. The van der Waals surface area contributed by atoms with E-state index in [1.54, 1.807) is 36.5 Å². The fourth-order valence-corrected chi connectivity index (χ4v) is 7.09. The van der Waals surface area contributed by atoms with Crippen LogP contribution in [0.25, 0.3) is 27.6 Å². The standard InChI is InChI=1S/C27H25FN6O2S2/c1-38(36,22-7-5-19(28)6-8-22)33-13-10-20(11-14-33)30-26-29-12-9-23(31-26)25-24(18-3-2-4-21(35)17-18)32-27-34(25)15-16-37-27/h2-9,12,15-17,20,35H,1,10-11,13-14H2,(H,29,30,31). The van der Waals surface area contributed by atoms with Crippen LogP contribution in [0.4, 0.5) is 10.3 Å². The number of anilines is 1. The number of phenolic OH excluding ortho intramolecular Hbond substituents is 1. The molecular weight excluding hydrogens is 523 g/mol. The van der Waals surface area contributed by atoms with E-state index in [1.165, 1.54) is 23.5 Å². The molecule has 11 heteroatoms. The average Bonchev–Trinajstić information content (AvgIpc) is 3.51. The first-order chi connectivity index (χ1) is 18.4. The third-order valence-corrected chi connectivity index (χ3v) is 9.63. The fraction of sp³-hybridized carbons (Fsp3) is 0.185. The third kappa shape index (κ3) is 4.64. The predicted octanol–water partition coefficient (Wildman–Crippen LogP) is 4.93. The number of hydrogen-bond donors (Lipinski definition) is 2. The number of hydrogen-bond acceptors (Lipinski definition) is 7. The van der Waals surface area contributed by atoms with E-state index in [-0.39, 0.29) is 17.6 Å². The number of aromatic nitrogens is 4. The van der Waals surface area contributed by atoms with Gasteiger partial charge in [0, 0.05) is 47.4 Å². The van der Waals surface area contributed by atoms with Gasteiger partial charge in [-0.3, -0.25) is 4.40 Å². The second kappa shape index (κ2) is 9.82. The van der Waals surface area contributed by atoms with Crippen molar-refractivity contribution >= 4 is 37.8 Å². The average molecular weight is 549 g/mol. The maximum atomic E-state index is 13.4. The Balaban J connectivity index is 1.21. The summed E-state index contributed by atoms with van der Waals surface area (Å²) in [5, 5.41) is 15.4. The van der Waals surface area contributed by atoms with Crippen LogP contribution in [0.15, 0.2) is 77.3 Å². The highest BCUT2D eigenvalue weighted by atomic mass is 32.2. The van der Waals surface area contributed by atoms with Gasteiger partial charge in [-0.25, -0.2) is 27.9 Å². The van der Waals surface area contributed by atoms with Gasteiger partial charge in [0.15, 0.2) is 4.96 Å². The molecule has 0 saturated carbocycles. The Morgan fingerprint density at radius 2 is 1.89 bits per heavy atom. The molecule has 0 bridgehead atoms. The van der Waals surface area contributed by atoms with Gasteiger partial charge in [0.25, 0.3) is 0 Å². The maximum Gasteiger partial charge on any atom is 0.223 e. The Bertz CT molecular complexity index is 1710. The van der Waals surface area contributed by atoms with Crippen molar-refractivity contribution in [2.45, 2.75) is 23.8 Å². The van der Waals surface area contributed by atoms with Crippen molar-refractivity contribution in [1.29, 1.82) is 0 Å². The zero-order chi connectivity index (χ0) is 26.3. The molecule has 2 N–H and O–H groups in total. The van der Waals surface area contributed by atoms with Crippen LogP contribution in [0.2, 0.25) is 0 Å². The first-order valence-corrected chi connectivity index (χ1v) is 14.7. The molecule has 0 spiro atoms. The van der Waals surface area contributed by atoms with E-state index >= 15 is 0 Å². The molecule has 0 amide bonds. The number of benzene rings is 2. The van der Waals surface area contributed by atoms with Crippen LogP contribution in [-0.2, 0) is 9.71 Å². The molecule has 4 heterocycles. The molecule has 38 heavy (non-hydrogen) atoms. The lowest BCUT2D eigenvalue weighted by Gasteiger charge is -2.34. The summed E-state index contributed by atoms with van der Waals surface area (Å²) in [7, 11) is -2.68. The lowest BCUT2D eigenvalue weighted by Crippen LogP contribution is -2.42. The lowest BCUT2D eigenvalue weighted by atomic mass is 10.1. The number of thiazole rings is 1. The summed E-state index contributed by atoms with van der Waals surface area (Å²) >= 11 is 1.53. The van der Waals surface area contributed by atoms with Crippen LogP contribution in [0.3, 0.4) is 0 Å². The molecule has 5 aromatic rings. The number of nitrogens with one attached hydrogen (secondary N) is 1. The molecule has 1 fully saturated rings. The summed E-state index contributed by atoms with van der Waals surface area (Å²) < 4.78 is 30.6. The van der Waals surface area contributed by atoms with E-state index in [1.807, 2.05) is 32.4 Å². The Morgan fingerprint density at radius 1 is 1.11 bits per heavy atom. The Morgan fingerprint density at radius 3 is 2.66 bits per heavy atom. The van der Waals surface area contributed by atoms with Crippen molar-refractivity contribution in [3.05, 3.63) is 78.2 Å². The van der Waals surface area contributed by atoms with Gasteiger partial charge in [-0.1, -0.05) is 12.1 Å². The van der Waals surface area contributed by atoms with Crippen molar-refractivity contribution in [1.82, 2.24) is 23.7 Å². The van der Waals surface area contributed by atoms with E-state index in [0.717, 1.165) is 34.8 Å². The van der Waals surface area contributed by atoms with Gasteiger partial charge in [0.2, 0.25) is 5.95 Å². The second-order valence-corrected chi connectivity index (χ2v) is 12.3. The maximum absolute atomic E-state index is 13.4. The highest BCUT2D eigenvalue weighted by Gasteiger charge is 2.26. The fourth-order valence-electron chi connectivity index (χ4n) is 4.72. The van der Waals surface area contributed by atoms with Gasteiger partial charge in [0.05, 0.1) is 21.1 Å². The highest BCUT2D eigenvalue weighted by molar-refractivity contribution is 7.98. The predicted molar refractivity (Wildman–Crippen MR) is 149 cm³/mol. The monoisotopic (exact) mass is 548 g/mol. The first-order valence-electron chi connectivity index (χ1n) is 12.1. The SMILES string of the molecule is C=S(=O)(c1ccc(F)cc1)N1CCC(Nc2nccc(-c3c(-c4cccc(O)c4)nc4sccn34)n2)CC1. The summed E-state index contributed by atoms with van der Waals surface area (Å²) in [6, 6.07) is 14.7. The van der Waals surface area contributed by atoms with E-state index in [2.05, 4.69) is 16.2 Å². The molecule has 0 aliphatic carbocycles. The molecule has 1 saturated heterocycles. The molecule has 1 aliphatic rings. The highest BCUT2D eigenvalue weighted by Crippen LogP contribution is 2.35. The van der Waals surface area contributed by atoms with E-state index in [0.29, 0.717) is 29.6 Å². The van der Waals surface area contributed by atoms with Gasteiger partial charge in [0.1, 0.15) is 17.3 Å². The molecule has 2 aromatic carbocycles. The van der Waals surface area contributed by atoms with Crippen LogP contribution in [-0.4, -0.2) is 58.0 Å². The number of piperidine rings is 1. The number of phenols is 1. The van der Waals surface area contributed by atoms with Crippen LogP contribution in [0.1, 0.15) is 12.8 Å². The molecule has 8 nitrogen and oxygen atoms in total. The van der Waals surface area contributed by atoms with Gasteiger partial charge in [-0.05, 0) is 61.2 Å². The van der Waals surface area contributed by atoms with Gasteiger partial charge in [-0.2, -0.15) is 0 Å². The molecule has 0 radical (unpaired) electrons. The Hall–Kier alpha value is -3.80. The minimum atomic E-state index is -2.68. The summed E-state index contributed by atoms with van der Waals surface area (Å²) in [6.45, 7) is 1.16. The van der Waals surface area contributed by atoms with Crippen molar-refractivity contribution in [3.8, 4) is 28.4 Å². The van der Waals surface area contributed by atoms with Crippen molar-refractivity contribution < 1.29 is 13.7 Å². The van der Waals surface area contributed by atoms with Crippen LogP contribution < -0.4 is 5.32 Å². The van der Waals surface area contributed by atoms with Crippen molar-refractivity contribution in [3.63, 3.8) is 0 Å². The summed E-state index contributed by atoms with van der Waals surface area (Å²) in [5.74, 6) is 4.28. The van der Waals surface area contributed by atoms with Gasteiger partial charge >= 0.3 is 0 Å². The number of fused-ring (bicyclic) bond motifs is 1. The third-order valence-electron chi connectivity index (χ3n) is 6.67. The quantitative estimate of drug-likeness (QED) is 0.292. The Labute approximate surface area is 223 Å². The molecule has 1 atom stereocenters. The smallest absolute Gasteiger partial charge is 0.223 e. The largest absolute Gasteiger partial charge is 0.508 e. The number of rotatable bonds is 6. The second-order valence-electron chi connectivity index (χ2n) is 9.12. The molecule has 1 aliphatic heterocycles. The van der Waals surface area contributed by atoms with E-state index < -0.39 is 9.71 Å². The van der Waals surface area contributed by atoms with E-state index in [4.69, 9.17) is 9.97 Å². The van der Waals surface area contributed by atoms with Gasteiger partial charge < -0.3 is 10.4 Å². The molecular formula is C27H25FN6O2S2. The first kappa shape index (κ1) is 24.5. The van der Waals surface area contributed by atoms with Crippen molar-refractivity contribution in [2.24, 2.45) is 0 Å². The lowest BCUT2D eigenvalue weighted by molar-refractivity contribution is 0.344. The summed E-state index contributed by atoms with van der Waals surface area (Å²) in [4.78, 5) is 15.4. The number of nitrogens with zero attached hydrogens (tertiary/aromatic N) is 5. The molecule has 6 rings (SSSR count). The van der Waals surface area contributed by atoms with Crippen LogP contribution in [0, 0.1) is 5.82 Å². The summed E-state index contributed by atoms with van der Waals surface area (Å²) in [6.07, 6.45) is 5.14. The number of imidazole rings is 1. The van der Waals surface area contributed by atoms with Gasteiger partial charge in [-0.15, -0.1) is 11.3 Å². The number of aromatic hydroxyl groups is 1. The normalized spacial score (nSPS) is 16.4. The minimum absolute atomic E-state index is 0.0991. The van der Waals surface area contributed by atoms with Crippen LogP contribution >= 0.6 is 11.3 Å². The zero-order valence-electron chi connectivity index (χ0n) is 20.3. The van der Waals surface area contributed by atoms with Crippen LogP contribution in [0.5, 0.6) is 5.75 Å². The summed E-state index contributed by atoms with van der Waals surface area (Å²) in [5.41, 5.74) is 3.07. The van der Waals surface area contributed by atoms with Crippen molar-refractivity contribution in [2.75, 3.05) is 18.4 Å². The molecule has 194 valence electrons.